The second-order valence-electron chi connectivity index (χ2n) is 8.49. The summed E-state index contributed by atoms with van der Waals surface area (Å²) in [6.45, 7) is 7.53. The number of ether oxygens (including phenoxy) is 1. The fourth-order valence-corrected chi connectivity index (χ4v) is 3.73. The van der Waals surface area contributed by atoms with Crippen LogP contribution >= 0.6 is 0 Å². The fourth-order valence-electron chi connectivity index (χ4n) is 3.73. The third-order valence-corrected chi connectivity index (χ3v) is 5.75. The van der Waals surface area contributed by atoms with Gasteiger partial charge < -0.3 is 4.74 Å². The highest BCUT2D eigenvalue weighted by Gasteiger charge is 2.03. The summed E-state index contributed by atoms with van der Waals surface area (Å²) in [4.78, 5) is 0. The first-order valence-corrected chi connectivity index (χ1v) is 11.6. The summed E-state index contributed by atoms with van der Waals surface area (Å²) in [6.07, 6.45) is 7.75. The predicted octanol–water partition coefficient (Wildman–Crippen LogP) is 8.88. The van der Waals surface area contributed by atoms with Gasteiger partial charge in [-0.25, -0.2) is 0 Å². The van der Waals surface area contributed by atoms with Gasteiger partial charge in [0.1, 0.15) is 5.75 Å². The van der Waals surface area contributed by atoms with E-state index in [-0.39, 0.29) is 0 Å². The van der Waals surface area contributed by atoms with Crippen LogP contribution in [0.2, 0.25) is 0 Å². The molecule has 1 nitrogen and oxygen atoms in total. The van der Waals surface area contributed by atoms with E-state index >= 15 is 0 Å². The molecule has 0 saturated heterocycles. The number of benzene rings is 3. The molecule has 0 unspecified atom stereocenters. The van der Waals surface area contributed by atoms with E-state index in [9.17, 15) is 0 Å². The van der Waals surface area contributed by atoms with Gasteiger partial charge in [0.15, 0.2) is 0 Å². The van der Waals surface area contributed by atoms with E-state index in [0.717, 1.165) is 18.8 Å². The Hall–Kier alpha value is -2.54. The van der Waals surface area contributed by atoms with E-state index in [1.807, 2.05) is 0 Å². The number of hydrogen-bond donors (Lipinski definition) is 0. The predicted molar refractivity (Wildman–Crippen MR) is 130 cm³/mol. The zero-order valence-electron chi connectivity index (χ0n) is 18.9. The number of rotatable bonds is 11. The van der Waals surface area contributed by atoms with E-state index < -0.39 is 0 Å². The van der Waals surface area contributed by atoms with Crippen molar-refractivity contribution >= 4 is 0 Å². The zero-order valence-corrected chi connectivity index (χ0v) is 18.9. The Balaban J connectivity index is 1.52. The third kappa shape index (κ3) is 6.49. The second-order valence-corrected chi connectivity index (χ2v) is 8.49. The summed E-state index contributed by atoms with van der Waals surface area (Å²) in [5.74, 6) is 1.54. The van der Waals surface area contributed by atoms with Gasteiger partial charge in [0.05, 0.1) is 6.61 Å². The summed E-state index contributed by atoms with van der Waals surface area (Å²) >= 11 is 0. The second kappa shape index (κ2) is 11.6. The maximum absolute atomic E-state index is 5.91. The zero-order chi connectivity index (χ0) is 21.2. The van der Waals surface area contributed by atoms with Crippen molar-refractivity contribution in [1.82, 2.24) is 0 Å². The largest absolute Gasteiger partial charge is 0.494 e. The molecule has 0 atom stereocenters. The molecule has 0 spiro atoms. The molecule has 0 aliphatic carbocycles. The minimum atomic E-state index is 0.569. The average molecular weight is 401 g/mol. The van der Waals surface area contributed by atoms with Crippen molar-refractivity contribution in [1.29, 1.82) is 0 Å². The first-order valence-electron chi connectivity index (χ1n) is 11.6. The number of unbranched alkanes of at least 4 members (excludes halogenated alkanes) is 5. The molecule has 0 fully saturated rings. The molecule has 0 aliphatic heterocycles. The van der Waals surface area contributed by atoms with Crippen LogP contribution in [0.5, 0.6) is 5.75 Å². The molecule has 3 rings (SSSR count). The molecular formula is C29H36O. The molecule has 3 aromatic carbocycles. The fraction of sp³-hybridized carbons (Fsp3) is 0.379. The molecule has 0 aromatic heterocycles. The molecule has 0 aliphatic rings. The Kier molecular flexibility index (Phi) is 8.56. The molecule has 3 aromatic rings. The maximum atomic E-state index is 5.91. The van der Waals surface area contributed by atoms with Gasteiger partial charge in [0, 0.05) is 0 Å². The van der Waals surface area contributed by atoms with Gasteiger partial charge in [0.25, 0.3) is 0 Å². The highest BCUT2D eigenvalue weighted by Crippen LogP contribution is 2.27. The lowest BCUT2D eigenvalue weighted by Gasteiger charge is -2.09. The summed E-state index contributed by atoms with van der Waals surface area (Å²) < 4.78 is 5.91. The van der Waals surface area contributed by atoms with E-state index in [2.05, 4.69) is 93.6 Å². The third-order valence-electron chi connectivity index (χ3n) is 5.75. The van der Waals surface area contributed by atoms with Gasteiger partial charge in [-0.2, -0.15) is 0 Å². The van der Waals surface area contributed by atoms with Crippen molar-refractivity contribution in [2.75, 3.05) is 6.61 Å². The van der Waals surface area contributed by atoms with E-state index in [4.69, 9.17) is 4.74 Å². The molecule has 1 heteroatoms. The van der Waals surface area contributed by atoms with Crippen LogP contribution < -0.4 is 4.74 Å². The van der Waals surface area contributed by atoms with Crippen LogP contribution in [0, 0.1) is 0 Å². The molecule has 0 heterocycles. The Morgan fingerprint density at radius 3 is 1.50 bits per heavy atom. The smallest absolute Gasteiger partial charge is 0.119 e. The molecule has 0 bridgehead atoms. The highest BCUT2D eigenvalue weighted by molar-refractivity contribution is 5.70. The van der Waals surface area contributed by atoms with Gasteiger partial charge >= 0.3 is 0 Å². The van der Waals surface area contributed by atoms with Crippen LogP contribution in [0.1, 0.15) is 70.8 Å². The Labute approximate surface area is 183 Å². The standard InChI is InChI=1S/C29H36O/c1-4-5-6-7-8-9-22-30-29-20-18-28(19-21-29)27-16-14-26(15-17-27)25-12-10-24(11-13-25)23(2)3/h10-21,23H,4-9,22H2,1-3H3. The van der Waals surface area contributed by atoms with Gasteiger partial charge in [-0.1, -0.05) is 114 Å². The minimum Gasteiger partial charge on any atom is -0.494 e. The minimum absolute atomic E-state index is 0.569. The number of hydrogen-bond acceptors (Lipinski definition) is 1. The van der Waals surface area contributed by atoms with Crippen LogP contribution in [-0.4, -0.2) is 6.61 Å². The lowest BCUT2D eigenvalue weighted by atomic mass is 9.97. The molecule has 0 N–H and O–H groups in total. The average Bonchev–Trinajstić information content (AvgIpc) is 2.79. The Morgan fingerprint density at radius 1 is 0.567 bits per heavy atom. The molecule has 0 amide bonds. The monoisotopic (exact) mass is 400 g/mol. The lowest BCUT2D eigenvalue weighted by molar-refractivity contribution is 0.304. The van der Waals surface area contributed by atoms with Crippen molar-refractivity contribution in [3.63, 3.8) is 0 Å². The van der Waals surface area contributed by atoms with Crippen molar-refractivity contribution in [3.05, 3.63) is 78.4 Å². The summed E-state index contributed by atoms with van der Waals surface area (Å²) in [7, 11) is 0. The summed E-state index contributed by atoms with van der Waals surface area (Å²) in [5, 5.41) is 0. The van der Waals surface area contributed by atoms with Crippen molar-refractivity contribution in [3.8, 4) is 28.0 Å². The maximum Gasteiger partial charge on any atom is 0.119 e. The molecule has 0 radical (unpaired) electrons. The lowest BCUT2D eigenvalue weighted by Crippen LogP contribution is -1.97. The van der Waals surface area contributed by atoms with Gasteiger partial charge in [-0.05, 0) is 52.3 Å². The quantitative estimate of drug-likeness (QED) is 0.292. The molecule has 0 saturated carbocycles. The van der Waals surface area contributed by atoms with E-state index in [0.29, 0.717) is 5.92 Å². The van der Waals surface area contributed by atoms with Crippen LogP contribution in [0.25, 0.3) is 22.3 Å². The highest BCUT2D eigenvalue weighted by atomic mass is 16.5. The van der Waals surface area contributed by atoms with Crippen molar-refractivity contribution in [2.24, 2.45) is 0 Å². The van der Waals surface area contributed by atoms with Crippen molar-refractivity contribution < 1.29 is 4.74 Å². The SMILES string of the molecule is CCCCCCCCOc1ccc(-c2ccc(-c3ccc(C(C)C)cc3)cc2)cc1. The Bertz CT molecular complexity index is 858. The first-order chi connectivity index (χ1) is 14.7. The summed E-state index contributed by atoms with van der Waals surface area (Å²) in [6, 6.07) is 26.2. The Morgan fingerprint density at radius 2 is 1.00 bits per heavy atom. The van der Waals surface area contributed by atoms with Crippen LogP contribution in [-0.2, 0) is 0 Å². The van der Waals surface area contributed by atoms with E-state index in [1.54, 1.807) is 0 Å². The van der Waals surface area contributed by atoms with Crippen LogP contribution in [0.15, 0.2) is 72.8 Å². The molecule has 158 valence electrons. The van der Waals surface area contributed by atoms with Gasteiger partial charge in [-0.3, -0.25) is 0 Å². The topological polar surface area (TPSA) is 9.23 Å². The first kappa shape index (κ1) is 22.2. The normalized spacial score (nSPS) is 11.1. The summed E-state index contributed by atoms with van der Waals surface area (Å²) in [5.41, 5.74) is 6.37. The van der Waals surface area contributed by atoms with Gasteiger partial charge in [0.2, 0.25) is 0 Å². The van der Waals surface area contributed by atoms with Crippen LogP contribution in [0.4, 0.5) is 0 Å². The molecule has 30 heavy (non-hydrogen) atoms. The van der Waals surface area contributed by atoms with Crippen molar-refractivity contribution in [2.45, 2.75) is 65.2 Å². The molecular weight excluding hydrogens is 364 g/mol. The van der Waals surface area contributed by atoms with E-state index in [1.165, 1.54) is 59.9 Å². The van der Waals surface area contributed by atoms with Crippen LogP contribution in [0.3, 0.4) is 0 Å². The van der Waals surface area contributed by atoms with Gasteiger partial charge in [-0.15, -0.1) is 0 Å².